The van der Waals surface area contributed by atoms with Crippen LogP contribution in [-0.2, 0) is 14.3 Å². The Bertz CT molecular complexity index is 775. The van der Waals surface area contributed by atoms with Gasteiger partial charge in [0, 0.05) is 23.2 Å². The number of ether oxygens (including phenoxy) is 1. The number of thioether (sulfide) groups is 1. The highest BCUT2D eigenvalue weighted by Gasteiger charge is 2.11. The molecule has 130 valence electrons. The van der Waals surface area contributed by atoms with Gasteiger partial charge in [0.2, 0.25) is 5.91 Å². The number of amides is 2. The van der Waals surface area contributed by atoms with Crippen molar-refractivity contribution in [3.05, 3.63) is 54.1 Å². The third kappa shape index (κ3) is 5.96. The summed E-state index contributed by atoms with van der Waals surface area (Å²) >= 11 is 1.57. The van der Waals surface area contributed by atoms with E-state index in [2.05, 4.69) is 10.6 Å². The van der Waals surface area contributed by atoms with Crippen molar-refractivity contribution in [3.63, 3.8) is 0 Å². The summed E-state index contributed by atoms with van der Waals surface area (Å²) in [7, 11) is 0. The maximum Gasteiger partial charge on any atom is 0.338 e. The lowest BCUT2D eigenvalue weighted by Crippen LogP contribution is -2.21. The topological polar surface area (TPSA) is 84.5 Å². The molecule has 0 saturated carbocycles. The van der Waals surface area contributed by atoms with Gasteiger partial charge in [-0.2, -0.15) is 0 Å². The van der Waals surface area contributed by atoms with Crippen LogP contribution in [0.3, 0.4) is 0 Å². The summed E-state index contributed by atoms with van der Waals surface area (Å²) < 4.78 is 5.00. The van der Waals surface area contributed by atoms with Gasteiger partial charge in [0.1, 0.15) is 0 Å². The van der Waals surface area contributed by atoms with Crippen molar-refractivity contribution in [3.8, 4) is 0 Å². The van der Waals surface area contributed by atoms with Crippen molar-refractivity contribution in [2.24, 2.45) is 0 Å². The summed E-state index contributed by atoms with van der Waals surface area (Å²) in [5, 5.41) is 5.28. The zero-order chi connectivity index (χ0) is 18.2. The molecule has 0 fully saturated rings. The molecule has 0 unspecified atom stereocenters. The maximum absolute atomic E-state index is 11.9. The van der Waals surface area contributed by atoms with Gasteiger partial charge < -0.3 is 15.4 Å². The van der Waals surface area contributed by atoms with Crippen LogP contribution in [0, 0.1) is 0 Å². The SMILES string of the molecule is CSc1cccc(NC(=O)COC(=O)c2ccc(NC(C)=O)cc2)c1. The fourth-order valence-corrected chi connectivity index (χ4v) is 2.46. The van der Waals surface area contributed by atoms with Gasteiger partial charge in [-0.1, -0.05) is 6.07 Å². The second kappa shape index (κ2) is 8.89. The monoisotopic (exact) mass is 358 g/mol. The largest absolute Gasteiger partial charge is 0.452 e. The van der Waals surface area contributed by atoms with Crippen molar-refractivity contribution in [1.29, 1.82) is 0 Å². The van der Waals surface area contributed by atoms with E-state index in [-0.39, 0.29) is 12.5 Å². The number of carbonyl (C=O) groups is 3. The molecule has 2 aromatic carbocycles. The van der Waals surface area contributed by atoms with Gasteiger partial charge in [-0.15, -0.1) is 11.8 Å². The number of hydrogen-bond donors (Lipinski definition) is 2. The zero-order valence-corrected chi connectivity index (χ0v) is 14.7. The summed E-state index contributed by atoms with van der Waals surface area (Å²) in [6, 6.07) is 13.6. The van der Waals surface area contributed by atoms with E-state index < -0.39 is 11.9 Å². The molecule has 0 aliphatic carbocycles. The Morgan fingerprint density at radius 3 is 2.36 bits per heavy atom. The predicted octanol–water partition coefficient (Wildman–Crippen LogP) is 3.16. The molecule has 0 saturated heterocycles. The molecule has 2 rings (SSSR count). The first-order chi connectivity index (χ1) is 12.0. The molecule has 0 spiro atoms. The van der Waals surface area contributed by atoms with Crippen molar-refractivity contribution in [2.75, 3.05) is 23.5 Å². The van der Waals surface area contributed by atoms with Crippen LogP contribution >= 0.6 is 11.8 Å². The van der Waals surface area contributed by atoms with Crippen molar-refractivity contribution >= 4 is 40.9 Å². The number of rotatable bonds is 6. The van der Waals surface area contributed by atoms with Crippen LogP contribution in [0.15, 0.2) is 53.4 Å². The normalized spacial score (nSPS) is 10.0. The van der Waals surface area contributed by atoms with Crippen LogP contribution in [0.1, 0.15) is 17.3 Å². The highest BCUT2D eigenvalue weighted by molar-refractivity contribution is 7.98. The predicted molar refractivity (Wildman–Crippen MR) is 97.9 cm³/mol. The second-order valence-corrected chi connectivity index (χ2v) is 5.99. The lowest BCUT2D eigenvalue weighted by atomic mass is 10.2. The Morgan fingerprint density at radius 2 is 1.72 bits per heavy atom. The molecule has 0 atom stereocenters. The Balaban J connectivity index is 1.86. The fourth-order valence-electron chi connectivity index (χ4n) is 2.01. The first-order valence-electron chi connectivity index (χ1n) is 7.46. The van der Waals surface area contributed by atoms with Gasteiger partial charge in [-0.3, -0.25) is 9.59 Å². The lowest BCUT2D eigenvalue weighted by molar-refractivity contribution is -0.119. The smallest absolute Gasteiger partial charge is 0.338 e. The average molecular weight is 358 g/mol. The highest BCUT2D eigenvalue weighted by atomic mass is 32.2. The third-order valence-corrected chi connectivity index (χ3v) is 3.85. The Hall–Kier alpha value is -2.80. The molecule has 2 N–H and O–H groups in total. The molecular formula is C18H18N2O4S. The minimum atomic E-state index is -0.609. The molecular weight excluding hydrogens is 340 g/mol. The van der Waals surface area contributed by atoms with Gasteiger partial charge in [0.15, 0.2) is 6.61 Å². The average Bonchev–Trinajstić information content (AvgIpc) is 2.60. The van der Waals surface area contributed by atoms with Crippen molar-refractivity contribution in [2.45, 2.75) is 11.8 Å². The third-order valence-electron chi connectivity index (χ3n) is 3.13. The number of nitrogens with one attached hydrogen (secondary N) is 2. The second-order valence-electron chi connectivity index (χ2n) is 5.11. The number of hydrogen-bond acceptors (Lipinski definition) is 5. The van der Waals surface area contributed by atoms with Gasteiger partial charge in [0.05, 0.1) is 5.56 Å². The first-order valence-corrected chi connectivity index (χ1v) is 8.69. The van der Waals surface area contributed by atoms with Gasteiger partial charge in [-0.25, -0.2) is 4.79 Å². The van der Waals surface area contributed by atoms with Crippen LogP contribution < -0.4 is 10.6 Å². The maximum atomic E-state index is 11.9. The van der Waals surface area contributed by atoms with E-state index in [9.17, 15) is 14.4 Å². The molecule has 0 aromatic heterocycles. The summed E-state index contributed by atoms with van der Waals surface area (Å²) in [5.74, 6) is -1.22. The summed E-state index contributed by atoms with van der Waals surface area (Å²) in [6.07, 6.45) is 1.94. The molecule has 25 heavy (non-hydrogen) atoms. The van der Waals surface area contributed by atoms with Crippen molar-refractivity contribution in [1.82, 2.24) is 0 Å². The molecule has 0 heterocycles. The molecule has 2 aromatic rings. The van der Waals surface area contributed by atoms with E-state index >= 15 is 0 Å². The molecule has 0 aliphatic heterocycles. The van der Waals surface area contributed by atoms with E-state index in [1.54, 1.807) is 30.0 Å². The minimum Gasteiger partial charge on any atom is -0.452 e. The van der Waals surface area contributed by atoms with E-state index in [0.29, 0.717) is 16.9 Å². The Kier molecular flexibility index (Phi) is 6.59. The zero-order valence-electron chi connectivity index (χ0n) is 13.9. The van der Waals surface area contributed by atoms with Crippen LogP contribution in [0.25, 0.3) is 0 Å². The molecule has 7 heteroatoms. The Labute approximate surface area is 149 Å². The lowest BCUT2D eigenvalue weighted by Gasteiger charge is -2.08. The van der Waals surface area contributed by atoms with E-state index in [1.165, 1.54) is 19.1 Å². The summed E-state index contributed by atoms with van der Waals surface area (Å²) in [6.45, 7) is 1.02. The van der Waals surface area contributed by atoms with Crippen LogP contribution in [0.4, 0.5) is 11.4 Å². The van der Waals surface area contributed by atoms with Crippen LogP contribution in [0.2, 0.25) is 0 Å². The van der Waals surface area contributed by atoms with Gasteiger partial charge in [0.25, 0.3) is 5.91 Å². The molecule has 6 nitrogen and oxygen atoms in total. The van der Waals surface area contributed by atoms with Gasteiger partial charge >= 0.3 is 5.97 Å². The van der Waals surface area contributed by atoms with E-state index in [0.717, 1.165) is 4.90 Å². The van der Waals surface area contributed by atoms with E-state index in [1.807, 2.05) is 24.5 Å². The fraction of sp³-hybridized carbons (Fsp3) is 0.167. The number of carbonyl (C=O) groups excluding carboxylic acids is 3. The molecule has 0 bridgehead atoms. The van der Waals surface area contributed by atoms with Crippen LogP contribution in [-0.4, -0.2) is 30.6 Å². The molecule has 2 amide bonds. The van der Waals surface area contributed by atoms with Gasteiger partial charge in [-0.05, 0) is 48.7 Å². The summed E-state index contributed by atoms with van der Waals surface area (Å²) in [4.78, 5) is 35.8. The standard InChI is InChI=1S/C18H18N2O4S/c1-12(21)19-14-8-6-13(7-9-14)18(23)24-11-17(22)20-15-4-3-5-16(10-15)25-2/h3-10H,11H2,1-2H3,(H,19,21)(H,20,22). The van der Waals surface area contributed by atoms with E-state index in [4.69, 9.17) is 4.74 Å². The highest BCUT2D eigenvalue weighted by Crippen LogP contribution is 2.18. The minimum absolute atomic E-state index is 0.197. The first kappa shape index (κ1) is 18.5. The van der Waals surface area contributed by atoms with Crippen LogP contribution in [0.5, 0.6) is 0 Å². The summed E-state index contributed by atoms with van der Waals surface area (Å²) in [5.41, 5.74) is 1.52. The van der Waals surface area contributed by atoms with Crippen molar-refractivity contribution < 1.29 is 19.1 Å². The number of esters is 1. The number of benzene rings is 2. The quantitative estimate of drug-likeness (QED) is 0.612. The molecule has 0 aliphatic rings. The number of anilines is 2. The molecule has 0 radical (unpaired) electrons. The Morgan fingerprint density at radius 1 is 1.00 bits per heavy atom.